The number of methoxy groups -OCH3 is 1. The summed E-state index contributed by atoms with van der Waals surface area (Å²) in [5.41, 5.74) is 1.87. The number of carboxylic acid groups (broad SMARTS) is 1. The lowest BCUT2D eigenvalue weighted by molar-refractivity contribution is -0.143. The van der Waals surface area contributed by atoms with Crippen molar-refractivity contribution in [3.8, 4) is 17.2 Å². The molecular weight excluding hydrogens is 532 g/mol. The van der Waals surface area contributed by atoms with Gasteiger partial charge in [0.1, 0.15) is 15.6 Å². The van der Waals surface area contributed by atoms with Gasteiger partial charge in [-0.2, -0.15) is 0 Å². The van der Waals surface area contributed by atoms with E-state index in [-0.39, 0.29) is 30.3 Å². The third-order valence-electron chi connectivity index (χ3n) is 7.83. The minimum Gasteiger partial charge on any atom is -0.497 e. The summed E-state index contributed by atoms with van der Waals surface area (Å²) >= 11 is 0. The van der Waals surface area contributed by atoms with E-state index in [1.165, 1.54) is 0 Å². The van der Waals surface area contributed by atoms with Crippen LogP contribution in [0.4, 0.5) is 0 Å². The smallest absolute Gasteiger partial charge is 0.309 e. The Morgan fingerprint density at radius 3 is 2.42 bits per heavy atom. The van der Waals surface area contributed by atoms with Gasteiger partial charge < -0.3 is 24.6 Å². The minimum atomic E-state index is -2.98. The Kier molecular flexibility index (Phi) is 10.7. The van der Waals surface area contributed by atoms with Gasteiger partial charge >= 0.3 is 5.97 Å². The van der Waals surface area contributed by atoms with Crippen molar-refractivity contribution in [2.75, 3.05) is 51.6 Å². The molecule has 10 heteroatoms. The van der Waals surface area contributed by atoms with E-state index < -0.39 is 21.7 Å². The molecule has 2 N–H and O–H groups in total. The highest BCUT2D eigenvalue weighted by Gasteiger charge is 2.47. The highest BCUT2D eigenvalue weighted by atomic mass is 32.2. The summed E-state index contributed by atoms with van der Waals surface area (Å²) in [4.78, 5) is 15.0. The van der Waals surface area contributed by atoms with Crippen molar-refractivity contribution in [2.24, 2.45) is 5.92 Å². The third kappa shape index (κ3) is 7.67. The van der Waals surface area contributed by atoms with Crippen LogP contribution in [0.25, 0.3) is 0 Å². The fourth-order valence-electron chi connectivity index (χ4n) is 5.76. The van der Waals surface area contributed by atoms with Crippen LogP contribution in [-0.4, -0.2) is 76.0 Å². The van der Waals surface area contributed by atoms with Crippen molar-refractivity contribution in [3.05, 3.63) is 53.6 Å². The molecule has 0 unspecified atom stereocenters. The summed E-state index contributed by atoms with van der Waals surface area (Å²) < 4.78 is 40.7. The number of carbonyl (C=O) groups is 1. The third-order valence-corrected chi connectivity index (χ3v) is 9.65. The average Bonchev–Trinajstić information content (AvgIpc) is 3.57. The molecule has 0 amide bonds. The topological polar surface area (TPSA) is 114 Å². The molecule has 0 aromatic heterocycles. The summed E-state index contributed by atoms with van der Waals surface area (Å²) in [6.45, 7) is 4.93. The SMILES string of the molecule is CCCCCS(=O)(=O)CCCNCCCN1C[C@H](c2ccc3c(c2)OCO3)[C@H](C(=O)O)[C@H]1c1ccc(OC)cc1. The molecule has 2 aliphatic heterocycles. The van der Waals surface area contributed by atoms with Crippen LogP contribution in [0.2, 0.25) is 0 Å². The maximum atomic E-state index is 12.7. The molecular formula is C30H42N2O7S. The van der Waals surface area contributed by atoms with Gasteiger partial charge in [0.25, 0.3) is 0 Å². The second-order valence-electron chi connectivity index (χ2n) is 10.6. The lowest BCUT2D eigenvalue weighted by atomic mass is 9.82. The Labute approximate surface area is 237 Å². The molecule has 0 spiro atoms. The van der Waals surface area contributed by atoms with E-state index in [4.69, 9.17) is 14.2 Å². The Morgan fingerprint density at radius 1 is 1.00 bits per heavy atom. The first kappa shape index (κ1) is 30.1. The van der Waals surface area contributed by atoms with Gasteiger partial charge in [0.2, 0.25) is 6.79 Å². The molecule has 2 aromatic carbocycles. The van der Waals surface area contributed by atoms with Crippen molar-refractivity contribution < 1.29 is 32.5 Å². The average molecular weight is 575 g/mol. The lowest BCUT2D eigenvalue weighted by Crippen LogP contribution is -2.31. The number of benzene rings is 2. The zero-order chi connectivity index (χ0) is 28.5. The molecule has 9 nitrogen and oxygen atoms in total. The van der Waals surface area contributed by atoms with Gasteiger partial charge in [0.05, 0.1) is 24.5 Å². The number of carboxylic acids is 1. The summed E-state index contributed by atoms with van der Waals surface area (Å²) in [6.07, 6.45) is 4.11. The first-order valence-corrected chi connectivity index (χ1v) is 16.1. The number of rotatable bonds is 16. The maximum absolute atomic E-state index is 12.7. The van der Waals surface area contributed by atoms with Crippen LogP contribution in [0, 0.1) is 5.92 Å². The van der Waals surface area contributed by atoms with E-state index in [2.05, 4.69) is 17.1 Å². The van der Waals surface area contributed by atoms with E-state index in [0.29, 0.717) is 37.6 Å². The monoisotopic (exact) mass is 574 g/mol. The first-order valence-electron chi connectivity index (χ1n) is 14.2. The second-order valence-corrected chi connectivity index (χ2v) is 12.9. The largest absolute Gasteiger partial charge is 0.497 e. The predicted molar refractivity (Wildman–Crippen MR) is 154 cm³/mol. The van der Waals surface area contributed by atoms with Crippen LogP contribution in [0.3, 0.4) is 0 Å². The minimum absolute atomic E-state index is 0.171. The van der Waals surface area contributed by atoms with Crippen molar-refractivity contribution in [2.45, 2.75) is 51.0 Å². The lowest BCUT2D eigenvalue weighted by Gasteiger charge is -2.27. The fourth-order valence-corrected chi connectivity index (χ4v) is 7.20. The standard InChI is InChI=1S/C30H42N2O7S/c1-3-4-5-17-40(35,36)18-7-15-31-14-6-16-32-20-25(23-10-13-26-27(19-23)39-21-38-26)28(30(33)34)29(32)22-8-11-24(37-2)12-9-22/h8-13,19,25,28-29,31H,3-7,14-18,20-21H2,1-2H3,(H,33,34)/t25-,28+,29-/m1/s1. The van der Waals surface area contributed by atoms with Crippen LogP contribution in [0.15, 0.2) is 42.5 Å². The van der Waals surface area contributed by atoms with Gasteiger partial charge in [-0.3, -0.25) is 9.69 Å². The number of nitrogens with zero attached hydrogens (tertiary/aromatic N) is 1. The highest BCUT2D eigenvalue weighted by molar-refractivity contribution is 7.91. The van der Waals surface area contributed by atoms with Crippen molar-refractivity contribution >= 4 is 15.8 Å². The molecule has 2 heterocycles. The number of aliphatic carboxylic acids is 1. The predicted octanol–water partition coefficient (Wildman–Crippen LogP) is 4.24. The second kappa shape index (κ2) is 14.2. The number of unbranched alkanes of at least 4 members (excludes halogenated alkanes) is 2. The quantitative estimate of drug-likeness (QED) is 0.284. The number of fused-ring (bicyclic) bond motifs is 1. The Bertz CT molecular complexity index is 1220. The number of nitrogens with one attached hydrogen (secondary N) is 1. The summed E-state index contributed by atoms with van der Waals surface area (Å²) in [7, 11) is -1.37. The van der Waals surface area contributed by atoms with E-state index >= 15 is 0 Å². The van der Waals surface area contributed by atoms with Gasteiger partial charge in [0.15, 0.2) is 11.5 Å². The van der Waals surface area contributed by atoms with Crippen molar-refractivity contribution in [3.63, 3.8) is 0 Å². The zero-order valence-corrected chi connectivity index (χ0v) is 24.3. The number of hydrogen-bond acceptors (Lipinski definition) is 8. The van der Waals surface area contributed by atoms with Crippen LogP contribution in [-0.2, 0) is 14.6 Å². The highest BCUT2D eigenvalue weighted by Crippen LogP contribution is 2.47. The van der Waals surface area contributed by atoms with E-state index in [1.54, 1.807) is 7.11 Å². The van der Waals surface area contributed by atoms with Crippen LogP contribution >= 0.6 is 0 Å². The number of likely N-dealkylation sites (tertiary alicyclic amines) is 1. The maximum Gasteiger partial charge on any atom is 0.309 e. The molecule has 0 bridgehead atoms. The van der Waals surface area contributed by atoms with E-state index in [0.717, 1.165) is 49.1 Å². The van der Waals surface area contributed by atoms with Gasteiger partial charge in [-0.05, 0) is 67.7 Å². The van der Waals surface area contributed by atoms with Crippen LogP contribution in [0.1, 0.15) is 62.1 Å². The Hall–Kier alpha value is -2.82. The molecule has 220 valence electrons. The number of hydrogen-bond donors (Lipinski definition) is 2. The molecule has 0 saturated carbocycles. The normalized spacial score (nSPS) is 20.6. The first-order chi connectivity index (χ1) is 19.3. The van der Waals surface area contributed by atoms with Crippen molar-refractivity contribution in [1.29, 1.82) is 0 Å². The van der Waals surface area contributed by atoms with E-state index in [9.17, 15) is 18.3 Å². The van der Waals surface area contributed by atoms with Gasteiger partial charge in [-0.1, -0.05) is 38.0 Å². The molecule has 0 radical (unpaired) electrons. The molecule has 1 fully saturated rings. The molecule has 3 atom stereocenters. The molecule has 4 rings (SSSR count). The van der Waals surface area contributed by atoms with E-state index in [1.807, 2.05) is 42.5 Å². The van der Waals surface area contributed by atoms with Crippen LogP contribution in [0.5, 0.6) is 17.2 Å². The van der Waals surface area contributed by atoms with Crippen molar-refractivity contribution in [1.82, 2.24) is 10.2 Å². The summed E-state index contributed by atoms with van der Waals surface area (Å²) in [5, 5.41) is 13.8. The van der Waals surface area contributed by atoms with Gasteiger partial charge in [0, 0.05) is 25.0 Å². The van der Waals surface area contributed by atoms with Crippen LogP contribution < -0.4 is 19.5 Å². The summed E-state index contributed by atoms with van der Waals surface area (Å²) in [6, 6.07) is 13.1. The number of sulfone groups is 1. The molecule has 1 saturated heterocycles. The molecule has 2 aromatic rings. The number of ether oxygens (including phenoxy) is 3. The Balaban J connectivity index is 1.39. The molecule has 40 heavy (non-hydrogen) atoms. The zero-order valence-electron chi connectivity index (χ0n) is 23.5. The molecule has 2 aliphatic rings. The Morgan fingerprint density at radius 2 is 1.70 bits per heavy atom. The molecule has 0 aliphatic carbocycles. The van der Waals surface area contributed by atoms with Gasteiger partial charge in [-0.15, -0.1) is 0 Å². The van der Waals surface area contributed by atoms with Gasteiger partial charge in [-0.25, -0.2) is 8.42 Å². The summed E-state index contributed by atoms with van der Waals surface area (Å²) in [5.74, 6) is 0.859. The fraction of sp³-hybridized carbons (Fsp3) is 0.567.